The summed E-state index contributed by atoms with van der Waals surface area (Å²) in [7, 11) is 2.11. The molecule has 1 atom stereocenters. The molecule has 3 heterocycles. The van der Waals surface area contributed by atoms with E-state index in [0.717, 1.165) is 36.7 Å². The second-order valence-corrected chi connectivity index (χ2v) is 6.63. The monoisotopic (exact) mass is 309 g/mol. The first-order valence-electron chi connectivity index (χ1n) is 8.35. The number of imidazole rings is 1. The number of aromatic amines is 1. The molecule has 5 nitrogen and oxygen atoms in total. The lowest BCUT2D eigenvalue weighted by atomic mass is 9.94. The Morgan fingerprint density at radius 3 is 2.96 bits per heavy atom. The predicted molar refractivity (Wildman–Crippen MR) is 91.3 cm³/mol. The van der Waals surface area contributed by atoms with Crippen LogP contribution in [0.5, 0.6) is 0 Å². The lowest BCUT2D eigenvalue weighted by Crippen LogP contribution is -2.34. The van der Waals surface area contributed by atoms with Crippen molar-refractivity contribution < 1.29 is 0 Å². The summed E-state index contributed by atoms with van der Waals surface area (Å²) >= 11 is 0. The molecule has 5 heteroatoms. The maximum atomic E-state index is 4.81. The fraction of sp³-hybridized carbons (Fsp3) is 0.444. The van der Waals surface area contributed by atoms with Crippen molar-refractivity contribution in [2.75, 3.05) is 13.1 Å². The van der Waals surface area contributed by atoms with Crippen molar-refractivity contribution in [2.24, 2.45) is 7.05 Å². The van der Waals surface area contributed by atoms with Gasteiger partial charge in [0.05, 0.1) is 23.3 Å². The van der Waals surface area contributed by atoms with Gasteiger partial charge in [0.15, 0.2) is 0 Å². The molecule has 4 rings (SSSR count). The van der Waals surface area contributed by atoms with Crippen LogP contribution in [0.2, 0.25) is 0 Å². The predicted octanol–water partition coefficient (Wildman–Crippen LogP) is 2.98. The molecule has 1 fully saturated rings. The molecule has 1 aliphatic heterocycles. The lowest BCUT2D eigenvalue weighted by Gasteiger charge is -2.31. The highest BCUT2D eigenvalue weighted by atomic mass is 15.2. The zero-order valence-electron chi connectivity index (χ0n) is 13.8. The van der Waals surface area contributed by atoms with Gasteiger partial charge in [0, 0.05) is 25.2 Å². The molecule has 0 saturated carbocycles. The second-order valence-electron chi connectivity index (χ2n) is 6.63. The standard InChI is InChI=1S/C18H23N5/c1-13-10-16(21-20-13)14-6-5-9-23(11-14)12-18-19-15-7-3-4-8-17(15)22(18)2/h3-4,7-8,10,14H,5-6,9,11-12H2,1-2H3,(H,20,21)/t14-/m0/s1. The quantitative estimate of drug-likeness (QED) is 0.809. The van der Waals surface area contributed by atoms with Gasteiger partial charge in [0.25, 0.3) is 0 Å². The highest BCUT2D eigenvalue weighted by molar-refractivity contribution is 5.75. The summed E-state index contributed by atoms with van der Waals surface area (Å²) in [6.07, 6.45) is 2.45. The molecular formula is C18H23N5. The molecule has 120 valence electrons. The number of H-pyrrole nitrogens is 1. The van der Waals surface area contributed by atoms with E-state index in [9.17, 15) is 0 Å². The minimum Gasteiger partial charge on any atom is -0.330 e. The maximum absolute atomic E-state index is 4.81. The molecule has 1 saturated heterocycles. The first kappa shape index (κ1) is 14.5. The van der Waals surface area contributed by atoms with Gasteiger partial charge >= 0.3 is 0 Å². The summed E-state index contributed by atoms with van der Waals surface area (Å²) in [5.74, 6) is 1.67. The zero-order chi connectivity index (χ0) is 15.8. The van der Waals surface area contributed by atoms with E-state index in [0.29, 0.717) is 5.92 Å². The number of hydrogen-bond donors (Lipinski definition) is 1. The van der Waals surface area contributed by atoms with E-state index in [4.69, 9.17) is 4.98 Å². The number of para-hydroxylation sites is 2. The number of aromatic nitrogens is 4. The van der Waals surface area contributed by atoms with Gasteiger partial charge < -0.3 is 4.57 Å². The van der Waals surface area contributed by atoms with E-state index < -0.39 is 0 Å². The number of piperidine rings is 1. The van der Waals surface area contributed by atoms with Gasteiger partial charge in [-0.2, -0.15) is 5.10 Å². The molecule has 1 N–H and O–H groups in total. The largest absolute Gasteiger partial charge is 0.330 e. The molecule has 1 aromatic carbocycles. The van der Waals surface area contributed by atoms with Crippen molar-refractivity contribution in [3.63, 3.8) is 0 Å². The summed E-state index contributed by atoms with van der Waals surface area (Å²) in [4.78, 5) is 7.32. The fourth-order valence-electron chi connectivity index (χ4n) is 3.63. The van der Waals surface area contributed by atoms with Crippen LogP contribution in [-0.4, -0.2) is 37.7 Å². The Hall–Kier alpha value is -2.14. The van der Waals surface area contributed by atoms with Crippen molar-refractivity contribution in [1.82, 2.24) is 24.6 Å². The highest BCUT2D eigenvalue weighted by Gasteiger charge is 2.24. The SMILES string of the molecule is Cc1cc([C@H]2CCCN(Cc3nc4ccccc4n3C)C2)n[nH]1. The van der Waals surface area contributed by atoms with Crippen LogP contribution in [-0.2, 0) is 13.6 Å². The Morgan fingerprint density at radius 2 is 2.17 bits per heavy atom. The van der Waals surface area contributed by atoms with Crippen LogP contribution >= 0.6 is 0 Å². The number of rotatable bonds is 3. The van der Waals surface area contributed by atoms with Crippen LogP contribution in [0.15, 0.2) is 30.3 Å². The molecule has 0 bridgehead atoms. The number of nitrogens with zero attached hydrogens (tertiary/aromatic N) is 4. The third-order valence-electron chi connectivity index (χ3n) is 4.89. The van der Waals surface area contributed by atoms with E-state index in [1.807, 2.05) is 0 Å². The average molecular weight is 309 g/mol. The molecule has 2 aromatic heterocycles. The van der Waals surface area contributed by atoms with Gasteiger partial charge in [-0.25, -0.2) is 4.98 Å². The number of fused-ring (bicyclic) bond motifs is 1. The molecule has 1 aliphatic rings. The molecule has 0 radical (unpaired) electrons. The average Bonchev–Trinajstić information content (AvgIpc) is 3.13. The highest BCUT2D eigenvalue weighted by Crippen LogP contribution is 2.27. The van der Waals surface area contributed by atoms with E-state index in [1.165, 1.54) is 24.1 Å². The van der Waals surface area contributed by atoms with Crippen LogP contribution in [0.25, 0.3) is 11.0 Å². The molecule has 0 spiro atoms. The van der Waals surface area contributed by atoms with Gasteiger partial charge in [-0.15, -0.1) is 0 Å². The smallest absolute Gasteiger partial charge is 0.123 e. The Labute approximate surface area is 136 Å². The second kappa shape index (κ2) is 5.81. The van der Waals surface area contributed by atoms with Crippen LogP contribution in [0.4, 0.5) is 0 Å². The van der Waals surface area contributed by atoms with E-state index >= 15 is 0 Å². The number of aryl methyl sites for hydroxylation is 2. The first-order valence-corrected chi connectivity index (χ1v) is 8.35. The molecule has 23 heavy (non-hydrogen) atoms. The van der Waals surface area contributed by atoms with E-state index in [1.54, 1.807) is 0 Å². The molecule has 0 unspecified atom stereocenters. The Morgan fingerprint density at radius 1 is 1.30 bits per heavy atom. The number of likely N-dealkylation sites (tertiary alicyclic amines) is 1. The number of nitrogens with one attached hydrogen (secondary N) is 1. The molecule has 3 aromatic rings. The number of hydrogen-bond acceptors (Lipinski definition) is 3. The normalized spacial score (nSPS) is 19.5. The third-order valence-corrected chi connectivity index (χ3v) is 4.89. The van der Waals surface area contributed by atoms with Gasteiger partial charge in [-0.3, -0.25) is 10.00 Å². The van der Waals surface area contributed by atoms with Crippen LogP contribution < -0.4 is 0 Å². The van der Waals surface area contributed by atoms with Crippen molar-refractivity contribution in [3.05, 3.63) is 47.5 Å². The summed E-state index contributed by atoms with van der Waals surface area (Å²) < 4.78 is 2.22. The van der Waals surface area contributed by atoms with E-state index in [-0.39, 0.29) is 0 Å². The van der Waals surface area contributed by atoms with Gasteiger partial charge in [0.1, 0.15) is 5.82 Å². The van der Waals surface area contributed by atoms with Crippen molar-refractivity contribution in [1.29, 1.82) is 0 Å². The van der Waals surface area contributed by atoms with E-state index in [2.05, 4.69) is 64.0 Å². The maximum Gasteiger partial charge on any atom is 0.123 e. The van der Waals surface area contributed by atoms with Crippen molar-refractivity contribution >= 4 is 11.0 Å². The summed E-state index contributed by atoms with van der Waals surface area (Å²) in [6.45, 7) is 5.18. The van der Waals surface area contributed by atoms with Crippen molar-refractivity contribution in [3.8, 4) is 0 Å². The Kier molecular flexibility index (Phi) is 3.65. The van der Waals surface area contributed by atoms with Crippen LogP contribution in [0.1, 0.15) is 36.0 Å². The van der Waals surface area contributed by atoms with Gasteiger partial charge in [0.2, 0.25) is 0 Å². The summed E-state index contributed by atoms with van der Waals surface area (Å²) in [6, 6.07) is 10.5. The Balaban J connectivity index is 1.52. The minimum atomic E-state index is 0.531. The van der Waals surface area contributed by atoms with Crippen LogP contribution in [0.3, 0.4) is 0 Å². The lowest BCUT2D eigenvalue weighted by molar-refractivity contribution is 0.193. The fourth-order valence-corrected chi connectivity index (χ4v) is 3.63. The topological polar surface area (TPSA) is 49.7 Å². The van der Waals surface area contributed by atoms with Crippen molar-refractivity contribution in [2.45, 2.75) is 32.2 Å². The third kappa shape index (κ3) is 2.77. The number of benzene rings is 1. The molecular weight excluding hydrogens is 286 g/mol. The first-order chi connectivity index (χ1) is 11.2. The molecule has 0 aliphatic carbocycles. The summed E-state index contributed by atoms with van der Waals surface area (Å²) in [5, 5.41) is 7.53. The minimum absolute atomic E-state index is 0.531. The van der Waals surface area contributed by atoms with Crippen LogP contribution in [0, 0.1) is 6.92 Å². The zero-order valence-corrected chi connectivity index (χ0v) is 13.8. The van der Waals surface area contributed by atoms with Gasteiger partial charge in [-0.1, -0.05) is 12.1 Å². The Bertz CT molecular complexity index is 816. The molecule has 0 amide bonds. The van der Waals surface area contributed by atoms with Gasteiger partial charge in [-0.05, 0) is 44.5 Å². The summed E-state index contributed by atoms with van der Waals surface area (Å²) in [5.41, 5.74) is 4.64.